The minimum atomic E-state index is -1.47. The molecule has 0 fully saturated rings. The summed E-state index contributed by atoms with van der Waals surface area (Å²) in [6.45, 7) is 0. The van der Waals surface area contributed by atoms with Crippen LogP contribution in [0.4, 0.5) is 0 Å². The van der Waals surface area contributed by atoms with Crippen LogP contribution in [0.25, 0.3) is 169 Å². The van der Waals surface area contributed by atoms with Gasteiger partial charge in [0.1, 0.15) is 0 Å². The molecule has 18 aromatic rings. The summed E-state index contributed by atoms with van der Waals surface area (Å²) < 4.78 is 1.10. The average molecular weight is 1450 g/mol. The first-order valence-electron chi connectivity index (χ1n) is 36.6. The molecule has 0 amide bonds. The molecule has 0 radical (unpaired) electrons. The Morgan fingerprint density at radius 1 is 0.204 bits per heavy atom. The predicted octanol–water partition coefficient (Wildman–Crippen LogP) is 27.4. The van der Waals surface area contributed by atoms with Gasteiger partial charge in [-0.3, -0.25) is 0 Å². The molecular weight excluding hydrogens is 1370 g/mol. The third-order valence-electron chi connectivity index (χ3n) is 20.1. The van der Waals surface area contributed by atoms with Gasteiger partial charge in [0.05, 0.1) is 0 Å². The summed E-state index contributed by atoms with van der Waals surface area (Å²) in [6, 6.07) is 137. The zero-order chi connectivity index (χ0) is 73.0. The van der Waals surface area contributed by atoms with Crippen LogP contribution in [0.2, 0.25) is 0 Å². The lowest BCUT2D eigenvalue weighted by Crippen LogP contribution is -2.29. The van der Waals surface area contributed by atoms with Gasteiger partial charge in [0.25, 0.3) is 0 Å². The number of halogens is 1. The van der Waals surface area contributed by atoms with Gasteiger partial charge in [-0.25, -0.2) is 0 Å². The molecule has 0 aromatic heterocycles. The Kier molecular flexibility index (Phi) is 20.9. The highest BCUT2D eigenvalue weighted by atomic mass is 79.9. The molecule has 0 aliphatic heterocycles. The molecule has 0 saturated carbocycles. The van der Waals surface area contributed by atoms with E-state index in [1.165, 1.54) is 154 Å². The Morgan fingerprint density at radius 2 is 0.481 bits per heavy atom. The summed E-state index contributed by atoms with van der Waals surface area (Å²) in [6.07, 6.45) is 17.3. The maximum absolute atomic E-state index is 9.52. The predicted molar refractivity (Wildman–Crippen MR) is 471 cm³/mol. The first-order chi connectivity index (χ1) is 53.3. The Labute approximate surface area is 640 Å². The number of benzene rings is 18. The molecule has 0 saturated heterocycles. The van der Waals surface area contributed by atoms with Crippen molar-refractivity contribution in [3.05, 3.63) is 437 Å². The zero-order valence-electron chi connectivity index (χ0n) is 59.4. The molecule has 108 heavy (non-hydrogen) atoms. The quantitative estimate of drug-likeness (QED) is 0.0647. The molecule has 4 heteroatoms. The summed E-state index contributed by atoms with van der Waals surface area (Å²) in [7, 11) is -1.47. The van der Waals surface area contributed by atoms with Crippen molar-refractivity contribution in [2.75, 3.05) is 0 Å². The average Bonchev–Trinajstić information content (AvgIpc) is 0.738. The van der Waals surface area contributed by atoms with E-state index < -0.39 is 7.12 Å². The Hall–Kier alpha value is -13.1. The standard InChI is InChI=1S/C52H36.C30H21BO2.C22H17Br/c1-3-13-37(14-4-1)23-24-39-26-28-41(27-25-38-15-5-2-6-16-38)50(35-39)42-30-32-43(33-31-42)51-46-19-9-11-21-48(46)52(49-22-12-10-20-47(49)51)45-34-29-40-17-7-8-18-44(40)36-45;32-31(33)24-17-15-21(16-18-24)29-25-9-3-5-11-27(25)30(28-12-6-4-10-26(28)29)23-14-13-20-7-1-2-8-22(20)19-23;23-22-17-20(12-11-18-7-3-1-4-8-18)14-16-21(22)15-13-19-9-5-2-6-10-19/h1-36H;1-19,32-33H;1-17H/b24-23+,27-25+;;12-11+,15-13+. The minimum Gasteiger partial charge on any atom is -0.423 e. The van der Waals surface area contributed by atoms with Crippen LogP contribution in [0.1, 0.15) is 44.5 Å². The van der Waals surface area contributed by atoms with Crippen molar-refractivity contribution in [1.82, 2.24) is 0 Å². The van der Waals surface area contributed by atoms with Crippen molar-refractivity contribution in [3.8, 4) is 55.6 Å². The van der Waals surface area contributed by atoms with Crippen molar-refractivity contribution < 1.29 is 10.0 Å². The van der Waals surface area contributed by atoms with Crippen molar-refractivity contribution in [1.29, 1.82) is 0 Å². The van der Waals surface area contributed by atoms with Gasteiger partial charge in [0.15, 0.2) is 0 Å². The molecule has 0 bridgehead atoms. The lowest BCUT2D eigenvalue weighted by atomic mass is 9.79. The maximum atomic E-state index is 9.52. The molecule has 0 unspecified atom stereocenters. The van der Waals surface area contributed by atoms with Crippen LogP contribution in [0.3, 0.4) is 0 Å². The number of hydrogen-bond donors (Lipinski definition) is 2. The van der Waals surface area contributed by atoms with Crippen molar-refractivity contribution in [2.45, 2.75) is 0 Å². The summed E-state index contributed by atoms with van der Waals surface area (Å²) in [5.41, 5.74) is 22.0. The second-order valence-electron chi connectivity index (χ2n) is 27.0. The highest BCUT2D eigenvalue weighted by Gasteiger charge is 2.20. The summed E-state index contributed by atoms with van der Waals surface area (Å²) in [4.78, 5) is 0. The van der Waals surface area contributed by atoms with E-state index in [1.54, 1.807) is 12.1 Å². The third kappa shape index (κ3) is 15.5. The molecule has 512 valence electrons. The Balaban J connectivity index is 0.000000135. The van der Waals surface area contributed by atoms with Gasteiger partial charge in [-0.05, 0) is 195 Å². The van der Waals surface area contributed by atoms with Gasteiger partial charge in [0, 0.05) is 4.47 Å². The molecule has 2 N–H and O–H groups in total. The molecule has 0 aliphatic rings. The number of rotatable bonds is 14. The van der Waals surface area contributed by atoms with E-state index in [9.17, 15) is 10.0 Å². The van der Waals surface area contributed by atoms with E-state index >= 15 is 0 Å². The molecular formula is C104H74BBrO2. The highest BCUT2D eigenvalue weighted by Crippen LogP contribution is 2.47. The van der Waals surface area contributed by atoms with Gasteiger partial charge >= 0.3 is 7.12 Å². The lowest BCUT2D eigenvalue weighted by Gasteiger charge is -2.18. The second-order valence-corrected chi connectivity index (χ2v) is 27.8. The normalized spacial score (nSPS) is 11.5. The van der Waals surface area contributed by atoms with E-state index in [2.05, 4.69) is 392 Å². The monoisotopic (exact) mass is 1440 g/mol. The Morgan fingerprint density at radius 3 is 0.852 bits per heavy atom. The largest absolute Gasteiger partial charge is 0.488 e. The molecule has 2 nitrogen and oxygen atoms in total. The highest BCUT2D eigenvalue weighted by molar-refractivity contribution is 9.10. The van der Waals surface area contributed by atoms with Gasteiger partial charge in [-0.15, -0.1) is 0 Å². The molecule has 0 aliphatic carbocycles. The van der Waals surface area contributed by atoms with Crippen molar-refractivity contribution >= 4 is 142 Å². The van der Waals surface area contributed by atoms with E-state index in [0.717, 1.165) is 15.6 Å². The van der Waals surface area contributed by atoms with E-state index in [1.807, 2.05) is 48.5 Å². The summed E-state index contributed by atoms with van der Waals surface area (Å²) >= 11 is 3.66. The molecule has 18 aromatic carbocycles. The van der Waals surface area contributed by atoms with E-state index in [-0.39, 0.29) is 0 Å². The van der Waals surface area contributed by atoms with Gasteiger partial charge < -0.3 is 10.0 Å². The second kappa shape index (κ2) is 32.5. The van der Waals surface area contributed by atoms with Gasteiger partial charge in [-0.1, -0.05) is 429 Å². The third-order valence-corrected chi connectivity index (χ3v) is 20.8. The first-order valence-corrected chi connectivity index (χ1v) is 37.4. The smallest absolute Gasteiger partial charge is 0.423 e. The topological polar surface area (TPSA) is 40.5 Å². The fourth-order valence-electron chi connectivity index (χ4n) is 14.7. The lowest BCUT2D eigenvalue weighted by molar-refractivity contribution is 0.426. The van der Waals surface area contributed by atoms with Crippen molar-refractivity contribution in [3.63, 3.8) is 0 Å². The fourth-order valence-corrected chi connectivity index (χ4v) is 15.2. The summed E-state index contributed by atoms with van der Waals surface area (Å²) in [5, 5.41) is 33.8. The molecule has 0 heterocycles. The molecule has 0 atom stereocenters. The summed E-state index contributed by atoms with van der Waals surface area (Å²) in [5.74, 6) is 0. The van der Waals surface area contributed by atoms with Gasteiger partial charge in [-0.2, -0.15) is 0 Å². The first kappa shape index (κ1) is 69.3. The maximum Gasteiger partial charge on any atom is 0.488 e. The van der Waals surface area contributed by atoms with E-state index in [4.69, 9.17) is 0 Å². The Bertz CT molecular complexity index is 6250. The van der Waals surface area contributed by atoms with Crippen LogP contribution in [0.15, 0.2) is 393 Å². The van der Waals surface area contributed by atoms with Crippen LogP contribution in [-0.2, 0) is 0 Å². The molecule has 0 spiro atoms. The van der Waals surface area contributed by atoms with Crippen LogP contribution < -0.4 is 5.46 Å². The van der Waals surface area contributed by atoms with Crippen LogP contribution >= 0.6 is 15.9 Å². The van der Waals surface area contributed by atoms with Crippen molar-refractivity contribution in [2.24, 2.45) is 0 Å². The number of hydrogen-bond acceptors (Lipinski definition) is 2. The fraction of sp³-hybridized carbons (Fsp3) is 0. The van der Waals surface area contributed by atoms with E-state index in [0.29, 0.717) is 5.46 Å². The van der Waals surface area contributed by atoms with Crippen LogP contribution in [0.5, 0.6) is 0 Å². The molecule has 18 rings (SSSR count). The van der Waals surface area contributed by atoms with Gasteiger partial charge in [0.2, 0.25) is 0 Å². The number of fused-ring (bicyclic) bond motifs is 6. The van der Waals surface area contributed by atoms with Crippen LogP contribution in [0, 0.1) is 0 Å². The SMILES string of the molecule is Brc1cc(/C=C/c2ccccc2)ccc1/C=C/c1ccccc1.C(=C\c1ccc(/C=C/c2ccccc2)c(-c2ccc(-c3c4ccccc4c(-c4ccc5ccccc5c4)c4ccccc34)cc2)c1)/c1ccccc1.OB(O)c1ccc(-c2c3ccccc3c(-c3ccc4ccccc4c3)c3ccccc23)cc1. The van der Waals surface area contributed by atoms with Crippen LogP contribution in [-0.4, -0.2) is 17.2 Å². The zero-order valence-corrected chi connectivity index (χ0v) is 61.0. The minimum absolute atomic E-state index is 0.486.